The number of alkyl halides is 3. The van der Waals surface area contributed by atoms with E-state index >= 15 is 0 Å². The van der Waals surface area contributed by atoms with Gasteiger partial charge in [0.15, 0.2) is 5.75 Å². The summed E-state index contributed by atoms with van der Waals surface area (Å²) in [6, 6.07) is 5.62. The highest BCUT2D eigenvalue weighted by atomic mass is 19.4. The highest BCUT2D eigenvalue weighted by Crippen LogP contribution is 2.34. The van der Waals surface area contributed by atoms with Crippen LogP contribution in [0, 0.1) is 11.6 Å². The second-order valence-corrected chi connectivity index (χ2v) is 5.72. The Morgan fingerprint density at radius 2 is 1.71 bits per heavy atom. The first-order valence-corrected chi connectivity index (χ1v) is 7.66. The smallest absolute Gasteiger partial charge is 0.449 e. The summed E-state index contributed by atoms with van der Waals surface area (Å²) >= 11 is 0. The van der Waals surface area contributed by atoms with Crippen molar-refractivity contribution in [3.8, 4) is 5.75 Å². The first kappa shape index (κ1) is 19.3. The lowest BCUT2D eigenvalue weighted by molar-refractivity contribution is -0.138. The Hall–Kier alpha value is -3.43. The maximum absolute atomic E-state index is 14.3. The van der Waals surface area contributed by atoms with Crippen LogP contribution < -0.4 is 10.2 Å². The van der Waals surface area contributed by atoms with E-state index in [0.717, 1.165) is 41.1 Å². The highest BCUT2D eigenvalue weighted by Gasteiger charge is 2.34. The average Bonchev–Trinajstić information content (AvgIpc) is 2.59. The molecule has 1 N–H and O–H groups in total. The van der Waals surface area contributed by atoms with Gasteiger partial charge in [0.2, 0.25) is 5.43 Å². The van der Waals surface area contributed by atoms with Crippen LogP contribution >= 0.6 is 0 Å². The lowest BCUT2D eigenvalue weighted by Gasteiger charge is -2.17. The number of aromatic nitrogens is 1. The van der Waals surface area contributed by atoms with E-state index in [1.165, 1.54) is 0 Å². The summed E-state index contributed by atoms with van der Waals surface area (Å²) in [6.45, 7) is -0.824. The molecule has 0 spiro atoms. The van der Waals surface area contributed by atoms with Crippen molar-refractivity contribution in [3.05, 3.63) is 75.6 Å². The van der Waals surface area contributed by atoms with Gasteiger partial charge < -0.3 is 14.4 Å². The highest BCUT2D eigenvalue weighted by molar-refractivity contribution is 5.81. The van der Waals surface area contributed by atoms with Crippen molar-refractivity contribution in [2.24, 2.45) is 0 Å². The number of para-hydroxylation sites is 1. The number of hydrogen-bond acceptors (Lipinski definition) is 3. The maximum Gasteiger partial charge on any atom is 0.511 e. The van der Waals surface area contributed by atoms with E-state index in [-0.39, 0.29) is 5.39 Å². The summed E-state index contributed by atoms with van der Waals surface area (Å²) in [5.74, 6) is -2.91. The topological polar surface area (TPSA) is 68.5 Å². The zero-order valence-electron chi connectivity index (χ0n) is 13.8. The fourth-order valence-electron chi connectivity index (χ4n) is 2.83. The number of hydrogen-bond donors (Lipinski definition) is 1. The average molecular weight is 399 g/mol. The molecule has 0 amide bonds. The molecule has 28 heavy (non-hydrogen) atoms. The molecule has 0 unspecified atom stereocenters. The van der Waals surface area contributed by atoms with Crippen molar-refractivity contribution in [1.82, 2.24) is 4.57 Å². The molecule has 10 heteroatoms. The molecule has 1 heterocycles. The van der Waals surface area contributed by atoms with Gasteiger partial charge >= 0.3 is 12.3 Å². The SMILES string of the molecule is O=C(O)Oc1cn(Cc2c(F)cccc2C(F)(F)F)c2c(F)cccc2c1=O. The Labute approximate surface area is 153 Å². The Morgan fingerprint density at radius 1 is 1.07 bits per heavy atom. The number of halogens is 5. The number of fused-ring (bicyclic) bond motifs is 1. The van der Waals surface area contributed by atoms with Crippen molar-refractivity contribution in [1.29, 1.82) is 0 Å². The summed E-state index contributed by atoms with van der Waals surface area (Å²) in [5, 5.41) is 8.41. The Kier molecular flexibility index (Phi) is 4.80. The molecule has 0 saturated heterocycles. The molecule has 3 rings (SSSR count). The zero-order chi connectivity index (χ0) is 20.6. The fraction of sp³-hybridized carbons (Fsp3) is 0.111. The van der Waals surface area contributed by atoms with Gasteiger partial charge in [0, 0.05) is 5.56 Å². The monoisotopic (exact) mass is 399 g/mol. The van der Waals surface area contributed by atoms with Gasteiger partial charge in [-0.3, -0.25) is 4.79 Å². The second-order valence-electron chi connectivity index (χ2n) is 5.72. The molecular weight excluding hydrogens is 389 g/mol. The van der Waals surface area contributed by atoms with Crippen molar-refractivity contribution in [2.45, 2.75) is 12.7 Å². The van der Waals surface area contributed by atoms with Gasteiger partial charge in [-0.05, 0) is 24.3 Å². The molecule has 0 fully saturated rings. The first-order chi connectivity index (χ1) is 13.1. The first-order valence-electron chi connectivity index (χ1n) is 7.66. The number of nitrogens with zero attached hydrogens (tertiary/aromatic N) is 1. The van der Waals surface area contributed by atoms with E-state index in [1.54, 1.807) is 0 Å². The van der Waals surface area contributed by atoms with E-state index in [0.29, 0.717) is 6.07 Å². The van der Waals surface area contributed by atoms with Crippen LogP contribution in [0.4, 0.5) is 26.7 Å². The molecule has 0 bridgehead atoms. The number of carbonyl (C=O) groups is 1. The molecule has 2 aromatic carbocycles. The van der Waals surface area contributed by atoms with Crippen LogP contribution in [0.25, 0.3) is 10.9 Å². The number of pyridine rings is 1. The maximum atomic E-state index is 14.3. The van der Waals surface area contributed by atoms with Crippen LogP contribution in [0.5, 0.6) is 5.75 Å². The molecule has 0 aliphatic rings. The van der Waals surface area contributed by atoms with Gasteiger partial charge in [-0.1, -0.05) is 12.1 Å². The Morgan fingerprint density at radius 3 is 2.36 bits per heavy atom. The van der Waals surface area contributed by atoms with Crippen LogP contribution in [-0.2, 0) is 12.7 Å². The van der Waals surface area contributed by atoms with Crippen molar-refractivity contribution in [3.63, 3.8) is 0 Å². The standard InChI is InChI=1S/C18H10F5NO4/c19-12-5-2-4-11(18(21,22)23)10(12)7-24-8-14(28-17(26)27)16(25)9-3-1-6-13(20)15(9)24/h1-6,8H,7H2,(H,26,27). The molecule has 146 valence electrons. The molecule has 0 aliphatic carbocycles. The van der Waals surface area contributed by atoms with Crippen LogP contribution in [0.15, 0.2) is 47.4 Å². The molecule has 1 aromatic heterocycles. The fourth-order valence-corrected chi connectivity index (χ4v) is 2.83. The van der Waals surface area contributed by atoms with Gasteiger partial charge in [0.25, 0.3) is 0 Å². The molecule has 0 saturated carbocycles. The van der Waals surface area contributed by atoms with Gasteiger partial charge in [-0.15, -0.1) is 0 Å². The summed E-state index contributed by atoms with van der Waals surface area (Å²) in [6.07, 6.45) is -6.00. The summed E-state index contributed by atoms with van der Waals surface area (Å²) in [5.41, 5.74) is -3.47. The number of carboxylic acid groups (broad SMARTS) is 1. The van der Waals surface area contributed by atoms with E-state index < -0.39 is 58.3 Å². The third-order valence-electron chi connectivity index (χ3n) is 3.97. The number of ether oxygens (including phenoxy) is 1. The van der Waals surface area contributed by atoms with Gasteiger partial charge in [-0.2, -0.15) is 13.2 Å². The van der Waals surface area contributed by atoms with E-state index in [2.05, 4.69) is 4.74 Å². The summed E-state index contributed by atoms with van der Waals surface area (Å²) in [7, 11) is 0. The quantitative estimate of drug-likeness (QED) is 0.524. The minimum atomic E-state index is -4.88. The summed E-state index contributed by atoms with van der Waals surface area (Å²) < 4.78 is 73.3. The largest absolute Gasteiger partial charge is 0.511 e. The molecular formula is C18H10F5NO4. The molecule has 5 nitrogen and oxygen atoms in total. The molecule has 0 radical (unpaired) electrons. The van der Waals surface area contributed by atoms with Crippen molar-refractivity contribution >= 4 is 17.1 Å². The minimum absolute atomic E-state index is 0.330. The number of benzene rings is 2. The van der Waals surface area contributed by atoms with Crippen molar-refractivity contribution < 1.29 is 36.6 Å². The predicted octanol–water partition coefficient (Wildman–Crippen LogP) is 4.40. The second kappa shape index (κ2) is 6.95. The van der Waals surface area contributed by atoms with Gasteiger partial charge in [0.1, 0.15) is 11.6 Å². The zero-order valence-corrected chi connectivity index (χ0v) is 13.8. The van der Waals surface area contributed by atoms with E-state index in [1.807, 2.05) is 0 Å². The normalized spacial score (nSPS) is 11.6. The molecule has 0 atom stereocenters. The Bertz CT molecular complexity index is 1140. The Balaban J connectivity index is 2.29. The lowest BCUT2D eigenvalue weighted by Crippen LogP contribution is -2.19. The molecule has 0 aliphatic heterocycles. The van der Waals surface area contributed by atoms with Gasteiger partial charge in [-0.25, -0.2) is 13.6 Å². The lowest BCUT2D eigenvalue weighted by atomic mass is 10.1. The van der Waals surface area contributed by atoms with Crippen LogP contribution in [0.1, 0.15) is 11.1 Å². The van der Waals surface area contributed by atoms with Crippen LogP contribution in [-0.4, -0.2) is 15.8 Å². The van der Waals surface area contributed by atoms with Crippen molar-refractivity contribution in [2.75, 3.05) is 0 Å². The van der Waals surface area contributed by atoms with Crippen LogP contribution in [0.3, 0.4) is 0 Å². The molecule has 3 aromatic rings. The van der Waals surface area contributed by atoms with Crippen LogP contribution in [0.2, 0.25) is 0 Å². The number of rotatable bonds is 3. The predicted molar refractivity (Wildman–Crippen MR) is 87.3 cm³/mol. The third kappa shape index (κ3) is 3.53. The van der Waals surface area contributed by atoms with E-state index in [4.69, 9.17) is 5.11 Å². The van der Waals surface area contributed by atoms with Gasteiger partial charge in [0.05, 0.1) is 29.2 Å². The third-order valence-corrected chi connectivity index (χ3v) is 3.97. The minimum Gasteiger partial charge on any atom is -0.449 e. The summed E-state index contributed by atoms with van der Waals surface area (Å²) in [4.78, 5) is 23.1. The van der Waals surface area contributed by atoms with E-state index in [9.17, 15) is 31.5 Å².